The first-order chi connectivity index (χ1) is 18.0. The molecular weight excluding hydrogens is 466 g/mol. The van der Waals surface area contributed by atoms with Crippen molar-refractivity contribution in [2.24, 2.45) is 11.8 Å². The number of fused-ring (bicyclic) bond motifs is 4. The van der Waals surface area contributed by atoms with Crippen molar-refractivity contribution in [1.29, 1.82) is 0 Å². The van der Waals surface area contributed by atoms with Gasteiger partial charge in [-0.25, -0.2) is 9.97 Å². The Hall–Kier alpha value is -4.46. The fraction of sp³-hybridized carbons (Fsp3) is 0.241. The Balaban J connectivity index is 1.10. The molecule has 8 nitrogen and oxygen atoms in total. The van der Waals surface area contributed by atoms with Crippen LogP contribution in [0.15, 0.2) is 78.8 Å². The Labute approximate surface area is 213 Å². The molecule has 8 heteroatoms. The highest BCUT2D eigenvalue weighted by atomic mass is 16.3. The lowest BCUT2D eigenvalue weighted by Gasteiger charge is -2.20. The highest BCUT2D eigenvalue weighted by Gasteiger charge is 2.54. The molecular formula is C29H25N5O3. The van der Waals surface area contributed by atoms with E-state index < -0.39 is 5.41 Å². The average molecular weight is 492 g/mol. The van der Waals surface area contributed by atoms with Gasteiger partial charge in [-0.15, -0.1) is 0 Å². The van der Waals surface area contributed by atoms with Crippen LogP contribution in [0.2, 0.25) is 0 Å². The minimum atomic E-state index is -0.539. The Bertz CT molecular complexity index is 1530. The van der Waals surface area contributed by atoms with Crippen molar-refractivity contribution in [3.8, 4) is 5.75 Å². The van der Waals surface area contributed by atoms with Gasteiger partial charge in [-0.05, 0) is 79.1 Å². The number of aromatic hydroxyl groups is 1. The van der Waals surface area contributed by atoms with Crippen LogP contribution in [0.3, 0.4) is 0 Å². The molecule has 0 radical (unpaired) electrons. The monoisotopic (exact) mass is 491 g/mol. The third-order valence-corrected chi connectivity index (χ3v) is 8.11. The van der Waals surface area contributed by atoms with Gasteiger partial charge in [0.05, 0.1) is 5.41 Å². The van der Waals surface area contributed by atoms with Gasteiger partial charge in [0, 0.05) is 41.4 Å². The smallest absolute Gasteiger partial charge is 0.258 e. The topological polar surface area (TPSA) is 107 Å². The van der Waals surface area contributed by atoms with Gasteiger partial charge in [-0.1, -0.05) is 18.2 Å². The quantitative estimate of drug-likeness (QED) is 0.508. The molecule has 0 saturated heterocycles. The number of carbonyl (C=O) groups excluding carboxylic acids is 2. The lowest BCUT2D eigenvalue weighted by Crippen LogP contribution is -2.31. The van der Waals surface area contributed by atoms with E-state index in [9.17, 15) is 14.7 Å². The first-order valence-electron chi connectivity index (χ1n) is 12.5. The lowest BCUT2D eigenvalue weighted by molar-refractivity contribution is -0.120. The van der Waals surface area contributed by atoms with Gasteiger partial charge in [0.25, 0.3) is 5.91 Å². The number of nitrogens with zero attached hydrogens (tertiary/aromatic N) is 3. The maximum Gasteiger partial charge on any atom is 0.258 e. The molecule has 0 bridgehead atoms. The van der Waals surface area contributed by atoms with E-state index in [2.05, 4.69) is 32.8 Å². The number of amides is 2. The summed E-state index contributed by atoms with van der Waals surface area (Å²) in [4.78, 5) is 36.8. The fourth-order valence-corrected chi connectivity index (χ4v) is 6.36. The van der Waals surface area contributed by atoms with E-state index in [0.29, 0.717) is 30.2 Å². The fourth-order valence-electron chi connectivity index (χ4n) is 6.36. The molecule has 1 spiro atoms. The Morgan fingerprint density at radius 1 is 1.11 bits per heavy atom. The van der Waals surface area contributed by atoms with Gasteiger partial charge in [-0.2, -0.15) is 0 Å². The maximum absolute atomic E-state index is 13.3. The van der Waals surface area contributed by atoms with Crippen LogP contribution in [0.4, 0.5) is 17.3 Å². The molecule has 2 amide bonds. The summed E-state index contributed by atoms with van der Waals surface area (Å²) in [5, 5.41) is 16.1. The summed E-state index contributed by atoms with van der Waals surface area (Å²) in [5.74, 6) is 1.91. The van der Waals surface area contributed by atoms with E-state index in [1.165, 1.54) is 0 Å². The zero-order valence-electron chi connectivity index (χ0n) is 20.0. The van der Waals surface area contributed by atoms with Crippen molar-refractivity contribution in [3.63, 3.8) is 0 Å². The highest BCUT2D eigenvalue weighted by Crippen LogP contribution is 2.54. The lowest BCUT2D eigenvalue weighted by atomic mass is 9.79. The van der Waals surface area contributed by atoms with Crippen LogP contribution in [-0.2, 0) is 16.6 Å². The minimum Gasteiger partial charge on any atom is -0.508 e. The van der Waals surface area contributed by atoms with Crippen molar-refractivity contribution in [2.45, 2.75) is 24.7 Å². The summed E-state index contributed by atoms with van der Waals surface area (Å²) in [7, 11) is 0. The van der Waals surface area contributed by atoms with E-state index >= 15 is 0 Å². The van der Waals surface area contributed by atoms with Crippen LogP contribution in [-0.4, -0.2) is 33.4 Å². The van der Waals surface area contributed by atoms with Crippen LogP contribution in [0.5, 0.6) is 5.75 Å². The molecule has 3 unspecified atom stereocenters. The van der Waals surface area contributed by atoms with Gasteiger partial charge in [0.1, 0.15) is 17.4 Å². The largest absolute Gasteiger partial charge is 0.508 e. The number of pyridine rings is 2. The average Bonchev–Trinajstić information content (AvgIpc) is 3.57. The molecule has 7 rings (SSSR count). The van der Waals surface area contributed by atoms with Crippen LogP contribution >= 0.6 is 0 Å². The number of allylic oxidation sites excluding steroid dienone is 3. The summed E-state index contributed by atoms with van der Waals surface area (Å²) in [5.41, 5.74) is 3.71. The second-order valence-electron chi connectivity index (χ2n) is 10.2. The number of nitrogens with one attached hydrogen (secondary N) is 2. The SMILES string of the molecule is O=C(c1ccnc(NC2=CC3CC4(CC3C=C2)C(=O)Nc2ncccc24)c1)N1CCc2cc(O)ccc21. The number of hydrogen-bond donors (Lipinski definition) is 3. The van der Waals surface area contributed by atoms with E-state index in [4.69, 9.17) is 0 Å². The summed E-state index contributed by atoms with van der Waals surface area (Å²) < 4.78 is 0. The van der Waals surface area contributed by atoms with Crippen molar-refractivity contribution >= 4 is 29.1 Å². The van der Waals surface area contributed by atoms with Gasteiger partial charge in [0.15, 0.2) is 0 Å². The standard InChI is InChI=1S/C29H25N5O3/c35-22-5-6-24-17(13-22)8-11-34(24)27(36)18-7-10-30-25(14-18)32-21-4-3-19-15-29(16-20(19)12-21)23-2-1-9-31-26(23)33-28(29)37/h1-7,9-10,12-14,19-20,35H,8,11,15-16H2,(H,30,32)(H,31,33,37). The Morgan fingerprint density at radius 3 is 2.92 bits per heavy atom. The van der Waals surface area contributed by atoms with E-state index in [1.54, 1.807) is 47.6 Å². The van der Waals surface area contributed by atoms with E-state index in [1.807, 2.05) is 18.2 Å². The van der Waals surface area contributed by atoms with Gasteiger partial charge >= 0.3 is 0 Å². The molecule has 1 fully saturated rings. The minimum absolute atomic E-state index is 0.0403. The van der Waals surface area contributed by atoms with Crippen molar-refractivity contribution in [3.05, 3.63) is 95.5 Å². The number of phenolic OH excluding ortho intramolecular Hbond substituents is 1. The zero-order chi connectivity index (χ0) is 25.1. The number of carbonyl (C=O) groups is 2. The predicted molar refractivity (Wildman–Crippen MR) is 139 cm³/mol. The van der Waals surface area contributed by atoms with Crippen LogP contribution in [0.25, 0.3) is 0 Å². The zero-order valence-corrected chi connectivity index (χ0v) is 20.0. The second kappa shape index (κ2) is 8.03. The van der Waals surface area contributed by atoms with Crippen molar-refractivity contribution < 1.29 is 14.7 Å². The summed E-state index contributed by atoms with van der Waals surface area (Å²) in [6.45, 7) is 0.577. The van der Waals surface area contributed by atoms with Crippen molar-refractivity contribution in [2.75, 3.05) is 22.1 Å². The molecule has 2 aliphatic carbocycles. The Morgan fingerprint density at radius 2 is 2.00 bits per heavy atom. The molecule has 4 aliphatic rings. The number of rotatable bonds is 3. The third-order valence-electron chi connectivity index (χ3n) is 8.11. The summed E-state index contributed by atoms with van der Waals surface area (Å²) in [6, 6.07) is 12.5. The molecule has 3 N–H and O–H groups in total. The normalized spacial score (nSPS) is 24.9. The summed E-state index contributed by atoms with van der Waals surface area (Å²) >= 11 is 0. The van der Waals surface area contributed by atoms with Crippen molar-refractivity contribution in [1.82, 2.24) is 9.97 Å². The highest BCUT2D eigenvalue weighted by molar-refractivity contribution is 6.08. The second-order valence-corrected chi connectivity index (χ2v) is 10.2. The molecule has 2 aromatic heterocycles. The molecule has 2 aliphatic heterocycles. The van der Waals surface area contributed by atoms with E-state index in [-0.39, 0.29) is 29.4 Å². The Kier molecular flexibility index (Phi) is 4.73. The number of benzene rings is 1. The molecule has 4 heterocycles. The molecule has 184 valence electrons. The number of hydrogen-bond acceptors (Lipinski definition) is 6. The van der Waals surface area contributed by atoms with Crippen LogP contribution in [0.1, 0.15) is 34.3 Å². The molecule has 3 atom stereocenters. The van der Waals surface area contributed by atoms with Crippen LogP contribution < -0.4 is 15.5 Å². The molecule has 3 aromatic rings. The number of anilines is 3. The molecule has 1 aromatic carbocycles. The molecule has 1 saturated carbocycles. The number of phenols is 1. The van der Waals surface area contributed by atoms with Crippen LogP contribution in [0, 0.1) is 11.8 Å². The van der Waals surface area contributed by atoms with Gasteiger partial charge < -0.3 is 20.6 Å². The third kappa shape index (κ3) is 3.43. The first-order valence-corrected chi connectivity index (χ1v) is 12.5. The number of aromatic nitrogens is 2. The maximum atomic E-state index is 13.3. The van der Waals surface area contributed by atoms with Gasteiger partial charge in [0.2, 0.25) is 5.91 Å². The summed E-state index contributed by atoms with van der Waals surface area (Å²) in [6.07, 6.45) is 11.9. The molecule has 37 heavy (non-hydrogen) atoms. The van der Waals surface area contributed by atoms with E-state index in [0.717, 1.165) is 35.4 Å². The first kappa shape index (κ1) is 21.8. The van der Waals surface area contributed by atoms with Gasteiger partial charge in [-0.3, -0.25) is 9.59 Å². The predicted octanol–water partition coefficient (Wildman–Crippen LogP) is 4.17.